The Hall–Kier alpha value is -1.54. The zero-order chi connectivity index (χ0) is 14.1. The second-order valence-electron chi connectivity index (χ2n) is 3.61. The van der Waals surface area contributed by atoms with E-state index in [9.17, 15) is 22.0 Å². The van der Waals surface area contributed by atoms with Crippen LogP contribution in [0.25, 0.3) is 0 Å². The predicted octanol–water partition coefficient (Wildman–Crippen LogP) is 1.06. The lowest BCUT2D eigenvalue weighted by molar-refractivity contribution is -0.140. The summed E-state index contributed by atoms with van der Waals surface area (Å²) in [5.74, 6) is -3.55. The molecule has 18 heavy (non-hydrogen) atoms. The Kier molecular flexibility index (Phi) is 4.02. The fourth-order valence-corrected chi connectivity index (χ4v) is 2.57. The van der Waals surface area contributed by atoms with Crippen molar-refractivity contribution in [2.45, 2.75) is 17.9 Å². The fourth-order valence-electron chi connectivity index (χ4n) is 1.20. The second-order valence-corrected chi connectivity index (χ2v) is 5.58. The molecule has 0 aromatic heterocycles. The van der Waals surface area contributed by atoms with Crippen molar-refractivity contribution in [2.75, 3.05) is 7.05 Å². The first-order chi connectivity index (χ1) is 8.17. The molecule has 0 amide bonds. The van der Waals surface area contributed by atoms with Gasteiger partial charge < -0.3 is 5.11 Å². The SMILES string of the molecule is CC(C(=O)O)N(C)S(=O)(=O)c1ccc(F)cc1F. The van der Waals surface area contributed by atoms with Crippen molar-refractivity contribution in [3.63, 3.8) is 0 Å². The molecule has 1 unspecified atom stereocenters. The Balaban J connectivity index is 3.25. The summed E-state index contributed by atoms with van der Waals surface area (Å²) in [7, 11) is -3.31. The molecule has 5 nitrogen and oxygen atoms in total. The lowest BCUT2D eigenvalue weighted by Crippen LogP contribution is -2.40. The number of benzene rings is 1. The number of likely N-dealkylation sites (N-methyl/N-ethyl adjacent to an activating group) is 1. The van der Waals surface area contributed by atoms with Crippen molar-refractivity contribution in [2.24, 2.45) is 0 Å². The lowest BCUT2D eigenvalue weighted by Gasteiger charge is -2.21. The highest BCUT2D eigenvalue weighted by atomic mass is 32.2. The first-order valence-electron chi connectivity index (χ1n) is 4.84. The zero-order valence-electron chi connectivity index (χ0n) is 9.59. The molecule has 1 aromatic carbocycles. The maximum atomic E-state index is 13.4. The highest BCUT2D eigenvalue weighted by molar-refractivity contribution is 7.89. The molecule has 8 heteroatoms. The number of halogens is 2. The third-order valence-electron chi connectivity index (χ3n) is 2.45. The van der Waals surface area contributed by atoms with Gasteiger partial charge in [-0.3, -0.25) is 4.79 Å². The third kappa shape index (κ3) is 2.65. The molecule has 0 fully saturated rings. The van der Waals surface area contributed by atoms with E-state index in [1.165, 1.54) is 0 Å². The van der Waals surface area contributed by atoms with Crippen molar-refractivity contribution in [3.8, 4) is 0 Å². The summed E-state index contributed by atoms with van der Waals surface area (Å²) in [6, 6.07) is 0.603. The molecule has 0 heterocycles. The van der Waals surface area contributed by atoms with Crippen molar-refractivity contribution < 1.29 is 27.1 Å². The number of hydrogen-bond donors (Lipinski definition) is 1. The van der Waals surface area contributed by atoms with Gasteiger partial charge in [0.25, 0.3) is 0 Å². The van der Waals surface area contributed by atoms with Crippen LogP contribution in [0.5, 0.6) is 0 Å². The Morgan fingerprint density at radius 3 is 2.39 bits per heavy atom. The molecule has 0 saturated heterocycles. The average Bonchev–Trinajstić information content (AvgIpc) is 2.26. The average molecular weight is 279 g/mol. The van der Waals surface area contributed by atoms with Gasteiger partial charge in [0.1, 0.15) is 22.6 Å². The summed E-state index contributed by atoms with van der Waals surface area (Å²) in [5, 5.41) is 8.72. The number of sulfonamides is 1. The van der Waals surface area contributed by atoms with E-state index in [-0.39, 0.29) is 0 Å². The molecule has 0 saturated carbocycles. The number of carboxylic acids is 1. The van der Waals surface area contributed by atoms with Gasteiger partial charge in [0.2, 0.25) is 10.0 Å². The van der Waals surface area contributed by atoms with Gasteiger partial charge in [-0.25, -0.2) is 17.2 Å². The van der Waals surface area contributed by atoms with E-state index in [1.807, 2.05) is 0 Å². The number of rotatable bonds is 4. The van der Waals surface area contributed by atoms with Crippen LogP contribution in [0.1, 0.15) is 6.92 Å². The number of carboxylic acid groups (broad SMARTS) is 1. The summed E-state index contributed by atoms with van der Waals surface area (Å²) in [5.41, 5.74) is 0. The van der Waals surface area contributed by atoms with E-state index in [0.717, 1.165) is 26.1 Å². The molecule has 1 N–H and O–H groups in total. The Bertz CT molecular complexity index is 573. The highest BCUT2D eigenvalue weighted by Crippen LogP contribution is 2.20. The predicted molar refractivity (Wildman–Crippen MR) is 58.4 cm³/mol. The van der Waals surface area contributed by atoms with Crippen LogP contribution in [0.3, 0.4) is 0 Å². The van der Waals surface area contributed by atoms with Gasteiger partial charge in [0.05, 0.1) is 0 Å². The smallest absolute Gasteiger partial charge is 0.321 e. The van der Waals surface area contributed by atoms with Crippen LogP contribution in [-0.4, -0.2) is 36.9 Å². The van der Waals surface area contributed by atoms with Gasteiger partial charge in [-0.1, -0.05) is 0 Å². The highest BCUT2D eigenvalue weighted by Gasteiger charge is 2.31. The number of hydrogen-bond acceptors (Lipinski definition) is 3. The van der Waals surface area contributed by atoms with E-state index < -0.39 is 38.6 Å². The summed E-state index contributed by atoms with van der Waals surface area (Å²) in [4.78, 5) is 9.93. The van der Waals surface area contributed by atoms with E-state index in [4.69, 9.17) is 5.11 Å². The van der Waals surface area contributed by atoms with Crippen LogP contribution in [0.4, 0.5) is 8.78 Å². The number of aliphatic carboxylic acids is 1. The monoisotopic (exact) mass is 279 g/mol. The first kappa shape index (κ1) is 14.5. The molecule has 1 atom stereocenters. The first-order valence-corrected chi connectivity index (χ1v) is 6.28. The molecular weight excluding hydrogens is 268 g/mol. The van der Waals surface area contributed by atoms with Gasteiger partial charge in [-0.05, 0) is 19.1 Å². The molecule has 0 radical (unpaired) electrons. The Morgan fingerprint density at radius 1 is 1.39 bits per heavy atom. The van der Waals surface area contributed by atoms with Crippen LogP contribution in [0.15, 0.2) is 23.1 Å². The molecular formula is C10H11F2NO4S. The van der Waals surface area contributed by atoms with E-state index in [2.05, 4.69) is 0 Å². The standard InChI is InChI=1S/C10H11F2NO4S/c1-6(10(14)15)13(2)18(16,17)9-4-3-7(11)5-8(9)12/h3-6H,1-2H3,(H,14,15). The van der Waals surface area contributed by atoms with Gasteiger partial charge >= 0.3 is 5.97 Å². The van der Waals surface area contributed by atoms with Crippen LogP contribution < -0.4 is 0 Å². The van der Waals surface area contributed by atoms with Gasteiger partial charge in [0.15, 0.2) is 0 Å². The minimum Gasteiger partial charge on any atom is -0.480 e. The summed E-state index contributed by atoms with van der Waals surface area (Å²) in [6.07, 6.45) is 0. The molecule has 100 valence electrons. The minimum absolute atomic E-state index is 0.423. The molecule has 0 aliphatic carbocycles. The Labute approximate surface area is 103 Å². The molecule has 0 spiro atoms. The molecule has 0 aliphatic heterocycles. The fraction of sp³-hybridized carbons (Fsp3) is 0.300. The van der Waals surface area contributed by atoms with E-state index in [1.54, 1.807) is 0 Å². The quantitative estimate of drug-likeness (QED) is 0.894. The van der Waals surface area contributed by atoms with Gasteiger partial charge in [-0.15, -0.1) is 0 Å². The van der Waals surface area contributed by atoms with Crippen molar-refractivity contribution in [1.29, 1.82) is 0 Å². The minimum atomic E-state index is -4.32. The molecule has 1 rings (SSSR count). The number of carbonyl (C=O) groups is 1. The van der Waals surface area contributed by atoms with Crippen LogP contribution >= 0.6 is 0 Å². The maximum absolute atomic E-state index is 13.4. The van der Waals surface area contributed by atoms with Crippen LogP contribution in [0.2, 0.25) is 0 Å². The van der Waals surface area contributed by atoms with Crippen LogP contribution in [0, 0.1) is 11.6 Å². The summed E-state index contributed by atoms with van der Waals surface area (Å²) >= 11 is 0. The maximum Gasteiger partial charge on any atom is 0.321 e. The van der Waals surface area contributed by atoms with Crippen molar-refractivity contribution >= 4 is 16.0 Å². The largest absolute Gasteiger partial charge is 0.480 e. The molecule has 1 aromatic rings. The van der Waals surface area contributed by atoms with Gasteiger partial charge in [-0.2, -0.15) is 4.31 Å². The van der Waals surface area contributed by atoms with E-state index >= 15 is 0 Å². The second kappa shape index (κ2) is 4.99. The normalized spacial score (nSPS) is 13.6. The van der Waals surface area contributed by atoms with E-state index in [0.29, 0.717) is 10.4 Å². The van der Waals surface area contributed by atoms with Crippen molar-refractivity contribution in [1.82, 2.24) is 4.31 Å². The van der Waals surface area contributed by atoms with Crippen LogP contribution in [-0.2, 0) is 14.8 Å². The topological polar surface area (TPSA) is 74.7 Å². The summed E-state index contributed by atoms with van der Waals surface area (Å²) in [6.45, 7) is 1.14. The third-order valence-corrected chi connectivity index (χ3v) is 4.42. The Morgan fingerprint density at radius 2 is 1.94 bits per heavy atom. The summed E-state index contributed by atoms with van der Waals surface area (Å²) < 4.78 is 50.4. The number of nitrogens with zero attached hydrogens (tertiary/aromatic N) is 1. The zero-order valence-corrected chi connectivity index (χ0v) is 10.4. The lowest BCUT2D eigenvalue weighted by atomic mass is 10.3. The van der Waals surface area contributed by atoms with Gasteiger partial charge in [0, 0.05) is 13.1 Å². The molecule has 0 bridgehead atoms. The van der Waals surface area contributed by atoms with Crippen molar-refractivity contribution in [3.05, 3.63) is 29.8 Å². The molecule has 0 aliphatic rings.